The maximum atomic E-state index is 11.9. The monoisotopic (exact) mass is 348 g/mol. The molecule has 0 bridgehead atoms. The number of Topliss-reactive ketones (excluding diaryl/α,β-unsaturated/α-hetero) is 1. The number of carbonyl (C=O) groups is 2. The van der Waals surface area contributed by atoms with E-state index in [9.17, 15) is 9.59 Å². The topological polar surface area (TPSA) is 43.4 Å². The molecule has 3 nitrogen and oxygen atoms in total. The van der Waals surface area contributed by atoms with Crippen molar-refractivity contribution in [3.05, 3.63) is 46.4 Å². The molecule has 0 aliphatic heterocycles. The number of ether oxygens (including phenoxy) is 1. The van der Waals surface area contributed by atoms with Gasteiger partial charge in [0.2, 0.25) is 0 Å². The second-order valence-corrected chi connectivity index (χ2v) is 5.88. The molecule has 0 saturated heterocycles. The Balaban J connectivity index is 2.52. The van der Waals surface area contributed by atoms with Gasteiger partial charge < -0.3 is 4.74 Å². The highest BCUT2D eigenvalue weighted by Gasteiger charge is 2.32. The number of hydrogen-bond acceptors (Lipinski definition) is 3. The van der Waals surface area contributed by atoms with Gasteiger partial charge in [-0.3, -0.25) is 9.59 Å². The van der Waals surface area contributed by atoms with E-state index in [-0.39, 0.29) is 11.7 Å². The quantitative estimate of drug-likeness (QED) is 0.617. The lowest BCUT2D eigenvalue weighted by atomic mass is 9.84. The molecule has 0 radical (unpaired) electrons. The number of ketones is 1. The largest absolute Gasteiger partial charge is 0.468 e. The van der Waals surface area contributed by atoms with E-state index >= 15 is 0 Å². The summed E-state index contributed by atoms with van der Waals surface area (Å²) < 4.78 is 5.69. The van der Waals surface area contributed by atoms with E-state index < -0.39 is 11.9 Å². The SMILES string of the molecule is COC(=O)C(C(C)=O)C(C)c1ccc2ccccc2c1Br. The van der Waals surface area contributed by atoms with Crippen molar-refractivity contribution in [2.75, 3.05) is 7.11 Å². The number of esters is 1. The van der Waals surface area contributed by atoms with E-state index in [0.717, 1.165) is 20.8 Å². The highest BCUT2D eigenvalue weighted by molar-refractivity contribution is 9.10. The van der Waals surface area contributed by atoms with E-state index in [1.165, 1.54) is 14.0 Å². The zero-order valence-electron chi connectivity index (χ0n) is 12.2. The first-order valence-corrected chi connectivity index (χ1v) is 7.52. The van der Waals surface area contributed by atoms with Crippen LogP contribution in [0.5, 0.6) is 0 Å². The molecule has 21 heavy (non-hydrogen) atoms. The van der Waals surface area contributed by atoms with Crippen LogP contribution in [0.15, 0.2) is 40.9 Å². The van der Waals surface area contributed by atoms with Crippen molar-refractivity contribution in [1.82, 2.24) is 0 Å². The highest BCUT2D eigenvalue weighted by atomic mass is 79.9. The Labute approximate surface area is 132 Å². The fourth-order valence-corrected chi connectivity index (χ4v) is 3.49. The molecule has 2 aromatic carbocycles. The van der Waals surface area contributed by atoms with Gasteiger partial charge in [0.05, 0.1) is 7.11 Å². The number of methoxy groups -OCH3 is 1. The first kappa shape index (κ1) is 15.7. The lowest BCUT2D eigenvalue weighted by Gasteiger charge is -2.21. The normalized spacial score (nSPS) is 13.7. The molecule has 110 valence electrons. The van der Waals surface area contributed by atoms with Crippen molar-refractivity contribution in [3.8, 4) is 0 Å². The van der Waals surface area contributed by atoms with E-state index in [4.69, 9.17) is 4.74 Å². The third-order valence-electron chi connectivity index (χ3n) is 3.78. The van der Waals surface area contributed by atoms with Crippen LogP contribution < -0.4 is 0 Å². The lowest BCUT2D eigenvalue weighted by Crippen LogP contribution is -2.28. The Morgan fingerprint density at radius 3 is 2.43 bits per heavy atom. The Morgan fingerprint density at radius 1 is 1.14 bits per heavy atom. The Hall–Kier alpha value is -1.68. The molecule has 0 aromatic heterocycles. The molecule has 2 aromatic rings. The number of benzene rings is 2. The predicted octanol–water partition coefficient (Wildman–Crippen LogP) is 4.08. The third kappa shape index (κ3) is 3.00. The second-order valence-electron chi connectivity index (χ2n) is 5.09. The molecule has 0 aliphatic rings. The highest BCUT2D eigenvalue weighted by Crippen LogP contribution is 2.36. The van der Waals surface area contributed by atoms with Crippen LogP contribution >= 0.6 is 15.9 Å². The summed E-state index contributed by atoms with van der Waals surface area (Å²) in [5, 5.41) is 2.17. The summed E-state index contributed by atoms with van der Waals surface area (Å²) in [5.41, 5.74) is 0.930. The first-order chi connectivity index (χ1) is 9.97. The van der Waals surface area contributed by atoms with Crippen LogP contribution in [-0.2, 0) is 14.3 Å². The number of rotatable bonds is 4. The van der Waals surface area contributed by atoms with E-state index in [1.54, 1.807) is 0 Å². The van der Waals surface area contributed by atoms with Gasteiger partial charge in [-0.2, -0.15) is 0 Å². The molecule has 2 unspecified atom stereocenters. The van der Waals surface area contributed by atoms with Gasteiger partial charge in [0.15, 0.2) is 0 Å². The van der Waals surface area contributed by atoms with Crippen LogP contribution in [0, 0.1) is 5.92 Å². The minimum absolute atomic E-state index is 0.186. The summed E-state index contributed by atoms with van der Waals surface area (Å²) in [4.78, 5) is 23.7. The van der Waals surface area contributed by atoms with Gasteiger partial charge in [0.1, 0.15) is 11.7 Å². The number of hydrogen-bond donors (Lipinski definition) is 0. The molecular formula is C17H17BrO3. The summed E-state index contributed by atoms with van der Waals surface area (Å²) in [5.74, 6) is -1.72. The van der Waals surface area contributed by atoms with E-state index in [0.29, 0.717) is 0 Å². The summed E-state index contributed by atoms with van der Waals surface area (Å²) in [6, 6.07) is 11.9. The van der Waals surface area contributed by atoms with Gasteiger partial charge in [-0.15, -0.1) is 0 Å². The van der Waals surface area contributed by atoms with Crippen LogP contribution in [0.25, 0.3) is 10.8 Å². The van der Waals surface area contributed by atoms with Crippen LogP contribution in [-0.4, -0.2) is 18.9 Å². The van der Waals surface area contributed by atoms with Crippen molar-refractivity contribution >= 4 is 38.5 Å². The van der Waals surface area contributed by atoms with Crippen LogP contribution in [0.1, 0.15) is 25.3 Å². The van der Waals surface area contributed by atoms with Crippen LogP contribution in [0.3, 0.4) is 0 Å². The number of halogens is 1. The van der Waals surface area contributed by atoms with Crippen molar-refractivity contribution in [1.29, 1.82) is 0 Å². The van der Waals surface area contributed by atoms with Crippen molar-refractivity contribution in [2.45, 2.75) is 19.8 Å². The average Bonchev–Trinajstić information content (AvgIpc) is 2.47. The average molecular weight is 349 g/mol. The van der Waals surface area contributed by atoms with E-state index in [1.807, 2.05) is 43.3 Å². The zero-order valence-corrected chi connectivity index (χ0v) is 13.8. The second kappa shape index (κ2) is 6.39. The lowest BCUT2D eigenvalue weighted by molar-refractivity contribution is -0.149. The van der Waals surface area contributed by atoms with E-state index in [2.05, 4.69) is 15.9 Å². The summed E-state index contributed by atoms with van der Waals surface area (Å²) in [7, 11) is 1.31. The van der Waals surface area contributed by atoms with Gasteiger partial charge >= 0.3 is 5.97 Å². The van der Waals surface area contributed by atoms with Gasteiger partial charge in [-0.1, -0.05) is 43.3 Å². The fraction of sp³-hybridized carbons (Fsp3) is 0.294. The Morgan fingerprint density at radius 2 is 1.81 bits per heavy atom. The zero-order chi connectivity index (χ0) is 15.6. The Kier molecular flexibility index (Phi) is 4.78. The van der Waals surface area contributed by atoms with Crippen molar-refractivity contribution in [3.63, 3.8) is 0 Å². The molecule has 0 spiro atoms. The summed E-state index contributed by atoms with van der Waals surface area (Å²) >= 11 is 3.61. The maximum Gasteiger partial charge on any atom is 0.316 e. The molecule has 4 heteroatoms. The third-order valence-corrected chi connectivity index (χ3v) is 4.66. The summed E-state index contributed by atoms with van der Waals surface area (Å²) in [6.45, 7) is 3.30. The molecule has 2 rings (SSSR count). The minimum atomic E-state index is -0.785. The fourth-order valence-electron chi connectivity index (χ4n) is 2.63. The summed E-state index contributed by atoms with van der Waals surface area (Å²) in [6.07, 6.45) is 0. The molecule has 0 amide bonds. The van der Waals surface area contributed by atoms with Crippen LogP contribution in [0.2, 0.25) is 0 Å². The van der Waals surface area contributed by atoms with Crippen molar-refractivity contribution in [2.24, 2.45) is 5.92 Å². The van der Waals surface area contributed by atoms with Gasteiger partial charge in [0, 0.05) is 10.4 Å². The number of carbonyl (C=O) groups excluding carboxylic acids is 2. The van der Waals surface area contributed by atoms with Gasteiger partial charge in [-0.25, -0.2) is 0 Å². The smallest absolute Gasteiger partial charge is 0.316 e. The molecule has 0 saturated carbocycles. The molecule has 0 heterocycles. The molecule has 0 N–H and O–H groups in total. The minimum Gasteiger partial charge on any atom is -0.468 e. The molecule has 0 fully saturated rings. The number of fused-ring (bicyclic) bond motifs is 1. The molecule has 0 aliphatic carbocycles. The van der Waals surface area contributed by atoms with Gasteiger partial charge in [0.25, 0.3) is 0 Å². The molecule has 2 atom stereocenters. The molecular weight excluding hydrogens is 332 g/mol. The first-order valence-electron chi connectivity index (χ1n) is 6.72. The van der Waals surface area contributed by atoms with Crippen LogP contribution in [0.4, 0.5) is 0 Å². The Bertz CT molecular complexity index is 693. The van der Waals surface area contributed by atoms with Gasteiger partial charge in [-0.05, 0) is 39.2 Å². The standard InChI is InChI=1S/C17H17BrO3/c1-10(15(11(2)19)17(20)21-3)13-9-8-12-6-4-5-7-14(12)16(13)18/h4-10,15H,1-3H3. The van der Waals surface area contributed by atoms with Crippen molar-refractivity contribution < 1.29 is 14.3 Å². The maximum absolute atomic E-state index is 11.9. The predicted molar refractivity (Wildman–Crippen MR) is 86.3 cm³/mol.